The summed E-state index contributed by atoms with van der Waals surface area (Å²) in [5, 5.41) is 1.86. The molecule has 0 aliphatic carbocycles. The molecule has 0 saturated carbocycles. The third-order valence-corrected chi connectivity index (χ3v) is 1.90. The van der Waals surface area contributed by atoms with Gasteiger partial charge in [0.1, 0.15) is 5.75 Å². The van der Waals surface area contributed by atoms with Gasteiger partial charge < -0.3 is 10.1 Å². The first kappa shape index (κ1) is 12.6. The second-order valence-corrected chi connectivity index (χ2v) is 3.23. The molecular weight excluding hydrogens is 247 g/mol. The van der Waals surface area contributed by atoms with Gasteiger partial charge in [0.15, 0.2) is 0 Å². The van der Waals surface area contributed by atoms with Crippen molar-refractivity contribution in [2.45, 2.75) is 6.18 Å². The van der Waals surface area contributed by atoms with Gasteiger partial charge in [0.2, 0.25) is 0 Å². The highest BCUT2D eigenvalue weighted by Crippen LogP contribution is 2.29. The Kier molecular flexibility index (Phi) is 3.64. The molecule has 1 N–H and O–H groups in total. The first-order chi connectivity index (χ1) is 7.34. The largest absolute Gasteiger partial charge is 0.495 e. The number of carbonyl (C=O) groups excluding carboxylic acids is 1. The average molecular weight is 254 g/mol. The number of anilines is 1. The fraction of sp³-hybridized carbons (Fsp3) is 0.222. The van der Waals surface area contributed by atoms with Crippen molar-refractivity contribution in [3.8, 4) is 5.75 Å². The van der Waals surface area contributed by atoms with Crippen LogP contribution in [0.3, 0.4) is 0 Å². The Morgan fingerprint density at radius 1 is 1.44 bits per heavy atom. The van der Waals surface area contributed by atoms with Crippen molar-refractivity contribution in [2.75, 3.05) is 12.4 Å². The van der Waals surface area contributed by atoms with Crippen LogP contribution in [0.5, 0.6) is 5.75 Å². The van der Waals surface area contributed by atoms with Crippen LogP contribution < -0.4 is 10.1 Å². The Morgan fingerprint density at radius 2 is 2.06 bits per heavy atom. The molecule has 1 aromatic rings. The van der Waals surface area contributed by atoms with E-state index in [1.165, 1.54) is 25.3 Å². The third kappa shape index (κ3) is 3.03. The van der Waals surface area contributed by atoms with E-state index in [1.807, 2.05) is 0 Å². The molecule has 1 amide bonds. The van der Waals surface area contributed by atoms with E-state index in [2.05, 4.69) is 0 Å². The van der Waals surface area contributed by atoms with Crippen LogP contribution in [0, 0.1) is 0 Å². The number of carbonyl (C=O) groups is 1. The standard InChI is InChI=1S/C9H7ClF3NO2/c1-16-7-3-2-5(10)4-6(7)14-8(15)9(11,12)13/h2-4H,1H3,(H,14,15). The summed E-state index contributed by atoms with van der Waals surface area (Å²) in [6.07, 6.45) is -4.95. The van der Waals surface area contributed by atoms with Crippen LogP contribution in [0.15, 0.2) is 18.2 Å². The van der Waals surface area contributed by atoms with Crippen LogP contribution in [0.2, 0.25) is 5.02 Å². The summed E-state index contributed by atoms with van der Waals surface area (Å²) < 4.78 is 40.7. The van der Waals surface area contributed by atoms with Crippen molar-refractivity contribution >= 4 is 23.2 Å². The van der Waals surface area contributed by atoms with Crippen molar-refractivity contribution in [2.24, 2.45) is 0 Å². The molecule has 0 unspecified atom stereocenters. The monoisotopic (exact) mass is 253 g/mol. The van der Waals surface area contributed by atoms with Crippen LogP contribution >= 0.6 is 11.6 Å². The third-order valence-electron chi connectivity index (χ3n) is 1.67. The quantitative estimate of drug-likeness (QED) is 0.880. The first-order valence-electron chi connectivity index (χ1n) is 4.06. The van der Waals surface area contributed by atoms with Crippen LogP contribution in [-0.4, -0.2) is 19.2 Å². The Bertz CT molecular complexity index is 406. The zero-order chi connectivity index (χ0) is 12.3. The van der Waals surface area contributed by atoms with Gasteiger partial charge in [-0.3, -0.25) is 4.79 Å². The van der Waals surface area contributed by atoms with Gasteiger partial charge >= 0.3 is 12.1 Å². The van der Waals surface area contributed by atoms with Crippen LogP contribution in [0.4, 0.5) is 18.9 Å². The molecule has 88 valence electrons. The van der Waals surface area contributed by atoms with E-state index in [0.717, 1.165) is 0 Å². The lowest BCUT2D eigenvalue weighted by Crippen LogP contribution is -2.30. The molecule has 0 saturated heterocycles. The number of hydrogen-bond donors (Lipinski definition) is 1. The Labute approximate surface area is 94.2 Å². The molecule has 0 heterocycles. The first-order valence-corrected chi connectivity index (χ1v) is 4.44. The molecule has 0 bridgehead atoms. The zero-order valence-electron chi connectivity index (χ0n) is 8.06. The number of hydrogen-bond acceptors (Lipinski definition) is 2. The summed E-state index contributed by atoms with van der Waals surface area (Å²) >= 11 is 5.58. The molecule has 0 atom stereocenters. The van der Waals surface area contributed by atoms with Gasteiger partial charge in [0.25, 0.3) is 0 Å². The number of halogens is 4. The van der Waals surface area contributed by atoms with Gasteiger partial charge in [-0.1, -0.05) is 11.6 Å². The summed E-state index contributed by atoms with van der Waals surface area (Å²) in [6, 6.07) is 3.96. The Hall–Kier alpha value is -1.43. The topological polar surface area (TPSA) is 38.3 Å². The number of rotatable bonds is 2. The number of nitrogens with one attached hydrogen (secondary N) is 1. The highest BCUT2D eigenvalue weighted by molar-refractivity contribution is 6.31. The average Bonchev–Trinajstić information content (AvgIpc) is 2.16. The lowest BCUT2D eigenvalue weighted by Gasteiger charge is -2.11. The van der Waals surface area contributed by atoms with Gasteiger partial charge in [0.05, 0.1) is 12.8 Å². The fourth-order valence-electron chi connectivity index (χ4n) is 0.971. The number of alkyl halides is 3. The molecule has 0 spiro atoms. The number of benzene rings is 1. The van der Waals surface area contributed by atoms with E-state index in [1.54, 1.807) is 5.32 Å². The fourth-order valence-corrected chi connectivity index (χ4v) is 1.14. The minimum Gasteiger partial charge on any atom is -0.495 e. The van der Waals surface area contributed by atoms with Gasteiger partial charge in [-0.2, -0.15) is 13.2 Å². The summed E-state index contributed by atoms with van der Waals surface area (Å²) in [5.74, 6) is -1.98. The second kappa shape index (κ2) is 4.61. The van der Waals surface area contributed by atoms with Gasteiger partial charge in [0, 0.05) is 5.02 Å². The van der Waals surface area contributed by atoms with Crippen LogP contribution in [-0.2, 0) is 4.79 Å². The lowest BCUT2D eigenvalue weighted by molar-refractivity contribution is -0.167. The van der Waals surface area contributed by atoms with Crippen molar-refractivity contribution in [1.82, 2.24) is 0 Å². The van der Waals surface area contributed by atoms with E-state index in [-0.39, 0.29) is 16.5 Å². The van der Waals surface area contributed by atoms with Gasteiger partial charge in [-0.05, 0) is 18.2 Å². The summed E-state index contributed by atoms with van der Waals surface area (Å²) in [4.78, 5) is 10.7. The maximum absolute atomic E-state index is 12.0. The normalized spacial score (nSPS) is 11.1. The SMILES string of the molecule is COc1ccc(Cl)cc1NC(=O)C(F)(F)F. The molecule has 0 aromatic heterocycles. The van der Waals surface area contributed by atoms with Crippen molar-refractivity contribution < 1.29 is 22.7 Å². The summed E-state index contributed by atoms with van der Waals surface area (Å²) in [6.45, 7) is 0. The van der Waals surface area contributed by atoms with E-state index >= 15 is 0 Å². The highest BCUT2D eigenvalue weighted by Gasteiger charge is 2.39. The summed E-state index contributed by atoms with van der Waals surface area (Å²) in [5.41, 5.74) is -0.127. The van der Waals surface area contributed by atoms with Crippen molar-refractivity contribution in [1.29, 1.82) is 0 Å². The lowest BCUT2D eigenvalue weighted by atomic mass is 10.3. The zero-order valence-corrected chi connectivity index (χ0v) is 8.82. The molecule has 1 rings (SSSR count). The van der Waals surface area contributed by atoms with E-state index in [4.69, 9.17) is 16.3 Å². The van der Waals surface area contributed by atoms with E-state index in [0.29, 0.717) is 0 Å². The predicted molar refractivity (Wildman–Crippen MR) is 52.7 cm³/mol. The predicted octanol–water partition coefficient (Wildman–Crippen LogP) is 2.85. The molecule has 7 heteroatoms. The number of methoxy groups -OCH3 is 1. The Morgan fingerprint density at radius 3 is 2.56 bits per heavy atom. The number of amides is 1. The molecule has 0 radical (unpaired) electrons. The summed E-state index contributed by atoms with van der Waals surface area (Å²) in [7, 11) is 1.27. The molecule has 0 aliphatic heterocycles. The molecule has 16 heavy (non-hydrogen) atoms. The van der Waals surface area contributed by atoms with E-state index in [9.17, 15) is 18.0 Å². The minimum absolute atomic E-state index is 0.0991. The van der Waals surface area contributed by atoms with Crippen molar-refractivity contribution in [3.05, 3.63) is 23.2 Å². The van der Waals surface area contributed by atoms with Crippen LogP contribution in [0.25, 0.3) is 0 Å². The highest BCUT2D eigenvalue weighted by atomic mass is 35.5. The smallest absolute Gasteiger partial charge is 0.471 e. The van der Waals surface area contributed by atoms with Gasteiger partial charge in [-0.15, -0.1) is 0 Å². The second-order valence-electron chi connectivity index (χ2n) is 2.80. The molecule has 3 nitrogen and oxygen atoms in total. The molecule has 0 fully saturated rings. The van der Waals surface area contributed by atoms with Crippen LogP contribution in [0.1, 0.15) is 0 Å². The molecule has 1 aromatic carbocycles. The minimum atomic E-state index is -4.95. The maximum Gasteiger partial charge on any atom is 0.471 e. The molecule has 0 aliphatic rings. The van der Waals surface area contributed by atoms with Gasteiger partial charge in [-0.25, -0.2) is 0 Å². The van der Waals surface area contributed by atoms with E-state index < -0.39 is 12.1 Å². The Balaban J connectivity index is 2.96. The maximum atomic E-state index is 12.0. The van der Waals surface area contributed by atoms with Crippen molar-refractivity contribution in [3.63, 3.8) is 0 Å². The number of ether oxygens (including phenoxy) is 1. The molecular formula is C9H7ClF3NO2.